The molecule has 1 aliphatic rings. The Kier molecular flexibility index (Phi) is 6.01. The maximum absolute atomic E-state index is 12.1. The molecule has 1 aliphatic heterocycles. The van der Waals surface area contributed by atoms with Gasteiger partial charge in [0.1, 0.15) is 6.54 Å². The molecule has 0 aromatic heterocycles. The molecule has 0 saturated heterocycles. The second-order valence-corrected chi connectivity index (χ2v) is 5.76. The fourth-order valence-electron chi connectivity index (χ4n) is 2.60. The zero-order chi connectivity index (χ0) is 19.3. The summed E-state index contributed by atoms with van der Waals surface area (Å²) in [6.07, 6.45) is -1.29. The number of rotatable bonds is 5. The highest BCUT2D eigenvalue weighted by molar-refractivity contribution is 5.86. The Balaban J connectivity index is 1.97. The summed E-state index contributed by atoms with van der Waals surface area (Å²) in [5.74, 6) is -1.74. The second kappa shape index (κ2) is 8.03. The summed E-state index contributed by atoms with van der Waals surface area (Å²) in [5.41, 5.74) is 1.65. The fraction of sp³-hybridized carbons (Fsp3) is 0.353. The molecule has 3 amide bonds. The van der Waals surface area contributed by atoms with Gasteiger partial charge in [0.15, 0.2) is 0 Å². The average molecular weight is 369 g/mol. The Labute approximate surface area is 148 Å². The average Bonchev–Trinajstić information content (AvgIpc) is 2.57. The highest BCUT2D eigenvalue weighted by Gasteiger charge is 2.29. The fourth-order valence-corrected chi connectivity index (χ4v) is 2.60. The molecule has 2 rings (SSSR count). The number of fused-ring (bicyclic) bond motifs is 1. The summed E-state index contributed by atoms with van der Waals surface area (Å²) in [6.45, 7) is -0.659. The molecule has 6 nitrogen and oxygen atoms in total. The molecule has 0 saturated carbocycles. The van der Waals surface area contributed by atoms with Gasteiger partial charge in [0.2, 0.25) is 17.7 Å². The Bertz CT molecular complexity index is 731. The lowest BCUT2D eigenvalue weighted by atomic mass is 9.93. The number of hydrogen-bond donors (Lipinski definition) is 2. The number of nitrogens with zero attached hydrogens (tertiary/aromatic N) is 1. The minimum Gasteiger partial charge on any atom is -0.347 e. The lowest BCUT2D eigenvalue weighted by Crippen LogP contribution is -2.42. The third kappa shape index (κ3) is 5.33. The Morgan fingerprint density at radius 1 is 1.12 bits per heavy atom. The van der Waals surface area contributed by atoms with E-state index in [9.17, 15) is 27.6 Å². The quantitative estimate of drug-likeness (QED) is 0.830. The first-order chi connectivity index (χ1) is 12.2. The zero-order valence-corrected chi connectivity index (χ0v) is 14.0. The minimum absolute atomic E-state index is 0.118. The second-order valence-electron chi connectivity index (χ2n) is 5.76. The van der Waals surface area contributed by atoms with Crippen LogP contribution in [0, 0.1) is 0 Å². The van der Waals surface area contributed by atoms with E-state index >= 15 is 0 Å². The van der Waals surface area contributed by atoms with Crippen molar-refractivity contribution in [2.75, 3.05) is 13.1 Å². The number of benzene rings is 1. The number of nitrogens with one attached hydrogen (secondary N) is 2. The number of amides is 3. The SMILES string of the molecule is CC(=O)N1C=Cc2ccccc2C1CC(=O)NCC(=O)NCC(F)(F)F. The first-order valence-corrected chi connectivity index (χ1v) is 7.83. The molecule has 1 heterocycles. The van der Waals surface area contributed by atoms with Gasteiger partial charge in [-0.25, -0.2) is 0 Å². The van der Waals surface area contributed by atoms with E-state index in [0.29, 0.717) is 0 Å². The molecule has 2 N–H and O–H groups in total. The maximum Gasteiger partial charge on any atom is 0.405 e. The van der Waals surface area contributed by atoms with Crippen LogP contribution in [-0.4, -0.2) is 41.9 Å². The van der Waals surface area contributed by atoms with Crippen molar-refractivity contribution in [3.8, 4) is 0 Å². The Morgan fingerprint density at radius 3 is 2.46 bits per heavy atom. The largest absolute Gasteiger partial charge is 0.405 e. The Morgan fingerprint density at radius 2 is 1.81 bits per heavy atom. The molecule has 0 aliphatic carbocycles. The van der Waals surface area contributed by atoms with E-state index in [0.717, 1.165) is 11.1 Å². The highest BCUT2D eigenvalue weighted by atomic mass is 19.4. The summed E-state index contributed by atoms with van der Waals surface area (Å²) >= 11 is 0. The van der Waals surface area contributed by atoms with Crippen molar-refractivity contribution in [3.05, 3.63) is 41.6 Å². The molecule has 0 bridgehead atoms. The molecular formula is C17H18F3N3O3. The molecule has 1 atom stereocenters. The van der Waals surface area contributed by atoms with Crippen LogP contribution in [0.3, 0.4) is 0 Å². The summed E-state index contributed by atoms with van der Waals surface area (Å²) in [6, 6.07) is 6.70. The molecule has 1 aromatic carbocycles. The Hall–Kier alpha value is -2.84. The number of hydrogen-bond acceptors (Lipinski definition) is 3. The highest BCUT2D eigenvalue weighted by Crippen LogP contribution is 2.32. The molecule has 0 radical (unpaired) electrons. The molecule has 0 spiro atoms. The number of carbonyl (C=O) groups excluding carboxylic acids is 3. The van der Waals surface area contributed by atoms with Crippen LogP contribution in [0.15, 0.2) is 30.5 Å². The van der Waals surface area contributed by atoms with E-state index in [2.05, 4.69) is 5.32 Å². The summed E-state index contributed by atoms with van der Waals surface area (Å²) in [7, 11) is 0. The van der Waals surface area contributed by atoms with Gasteiger partial charge in [-0.05, 0) is 17.2 Å². The molecule has 1 aromatic rings. The molecule has 140 valence electrons. The number of alkyl halides is 3. The monoisotopic (exact) mass is 369 g/mol. The van der Waals surface area contributed by atoms with Crippen molar-refractivity contribution in [2.45, 2.75) is 25.6 Å². The van der Waals surface area contributed by atoms with Gasteiger partial charge in [0.25, 0.3) is 0 Å². The van der Waals surface area contributed by atoms with Crippen LogP contribution >= 0.6 is 0 Å². The van der Waals surface area contributed by atoms with Crippen LogP contribution in [-0.2, 0) is 14.4 Å². The number of carbonyl (C=O) groups is 3. The van der Waals surface area contributed by atoms with Gasteiger partial charge in [0, 0.05) is 13.1 Å². The van der Waals surface area contributed by atoms with Gasteiger partial charge < -0.3 is 15.5 Å². The van der Waals surface area contributed by atoms with Crippen LogP contribution in [0.2, 0.25) is 0 Å². The van der Waals surface area contributed by atoms with Crippen molar-refractivity contribution in [3.63, 3.8) is 0 Å². The van der Waals surface area contributed by atoms with Crippen LogP contribution in [0.1, 0.15) is 30.5 Å². The van der Waals surface area contributed by atoms with Crippen molar-refractivity contribution < 1.29 is 27.6 Å². The predicted molar refractivity (Wildman–Crippen MR) is 87.4 cm³/mol. The molecule has 26 heavy (non-hydrogen) atoms. The van der Waals surface area contributed by atoms with Crippen LogP contribution in [0.25, 0.3) is 6.08 Å². The van der Waals surface area contributed by atoms with Crippen molar-refractivity contribution in [1.82, 2.24) is 15.5 Å². The van der Waals surface area contributed by atoms with Gasteiger partial charge in [-0.3, -0.25) is 14.4 Å². The smallest absolute Gasteiger partial charge is 0.347 e. The van der Waals surface area contributed by atoms with E-state index in [-0.39, 0.29) is 12.3 Å². The number of halogens is 3. The summed E-state index contributed by atoms with van der Waals surface area (Å²) < 4.78 is 36.1. The zero-order valence-electron chi connectivity index (χ0n) is 14.0. The third-order valence-corrected chi connectivity index (χ3v) is 3.78. The third-order valence-electron chi connectivity index (χ3n) is 3.78. The summed E-state index contributed by atoms with van der Waals surface area (Å²) in [5, 5.41) is 3.95. The first kappa shape index (κ1) is 19.5. The minimum atomic E-state index is -4.51. The molecule has 1 unspecified atom stereocenters. The van der Waals surface area contributed by atoms with E-state index in [1.807, 2.05) is 12.1 Å². The molecular weight excluding hydrogens is 351 g/mol. The van der Waals surface area contributed by atoms with E-state index in [1.165, 1.54) is 11.8 Å². The standard InChI is InChI=1S/C17H18F3N3O3/c1-11(24)23-7-6-12-4-2-3-5-13(12)14(23)8-15(25)21-9-16(26)22-10-17(18,19)20/h2-7,14H,8-10H2,1H3,(H,21,25)(H,22,26). The van der Waals surface area contributed by atoms with Crippen LogP contribution in [0.4, 0.5) is 13.2 Å². The molecule has 0 fully saturated rings. The van der Waals surface area contributed by atoms with Gasteiger partial charge in [-0.2, -0.15) is 13.2 Å². The van der Waals surface area contributed by atoms with Gasteiger partial charge >= 0.3 is 6.18 Å². The van der Waals surface area contributed by atoms with E-state index in [1.54, 1.807) is 29.7 Å². The summed E-state index contributed by atoms with van der Waals surface area (Å²) in [4.78, 5) is 36.7. The normalized spacial score (nSPS) is 16.0. The van der Waals surface area contributed by atoms with E-state index in [4.69, 9.17) is 0 Å². The lowest BCUT2D eigenvalue weighted by Gasteiger charge is -2.32. The van der Waals surface area contributed by atoms with Gasteiger partial charge in [-0.15, -0.1) is 0 Å². The maximum atomic E-state index is 12.1. The van der Waals surface area contributed by atoms with E-state index < -0.39 is 37.1 Å². The van der Waals surface area contributed by atoms with Gasteiger partial charge in [-0.1, -0.05) is 24.3 Å². The van der Waals surface area contributed by atoms with Crippen molar-refractivity contribution in [2.24, 2.45) is 0 Å². The van der Waals surface area contributed by atoms with Crippen LogP contribution in [0.5, 0.6) is 0 Å². The molecule has 9 heteroatoms. The first-order valence-electron chi connectivity index (χ1n) is 7.83. The topological polar surface area (TPSA) is 78.5 Å². The lowest BCUT2D eigenvalue weighted by molar-refractivity contribution is -0.138. The predicted octanol–water partition coefficient (Wildman–Crippen LogP) is 1.75. The van der Waals surface area contributed by atoms with Crippen molar-refractivity contribution >= 4 is 23.8 Å². The van der Waals surface area contributed by atoms with Crippen LogP contribution < -0.4 is 10.6 Å². The van der Waals surface area contributed by atoms with Gasteiger partial charge in [0.05, 0.1) is 19.0 Å². The van der Waals surface area contributed by atoms with Crippen molar-refractivity contribution in [1.29, 1.82) is 0 Å².